The van der Waals surface area contributed by atoms with Crippen LogP contribution < -0.4 is 4.90 Å². The molecule has 1 N–H and O–H groups in total. The lowest BCUT2D eigenvalue weighted by Crippen LogP contribution is -2.34. The third-order valence-electron chi connectivity index (χ3n) is 2.95. The molecule has 0 unspecified atom stereocenters. The first kappa shape index (κ1) is 14.4. The fraction of sp³-hybridized carbons (Fsp3) is 0.615. The van der Waals surface area contributed by atoms with Crippen LogP contribution in [-0.2, 0) is 4.79 Å². The van der Waals surface area contributed by atoms with Crippen LogP contribution in [0.4, 0.5) is 5.82 Å². The zero-order chi connectivity index (χ0) is 13.4. The normalized spacial score (nSPS) is 15.8. The van der Waals surface area contributed by atoms with Crippen LogP contribution in [0.3, 0.4) is 0 Å². The summed E-state index contributed by atoms with van der Waals surface area (Å²) >= 11 is 0. The molecule has 0 amide bonds. The smallest absolute Gasteiger partial charge is 0.303 e. The summed E-state index contributed by atoms with van der Waals surface area (Å²) in [6.07, 6.45) is 7.21. The van der Waals surface area contributed by atoms with Crippen molar-refractivity contribution in [3.8, 4) is 0 Å². The zero-order valence-corrected chi connectivity index (χ0v) is 11.0. The predicted molar refractivity (Wildman–Crippen MR) is 70.6 cm³/mol. The first-order chi connectivity index (χ1) is 8.75. The van der Waals surface area contributed by atoms with Crippen molar-refractivity contribution in [3.63, 3.8) is 0 Å². The maximum absolute atomic E-state index is 10.6. The molecule has 1 fully saturated rings. The number of aliphatic carboxylic acids is 1. The average Bonchev–Trinajstić information content (AvgIpc) is 2.42. The Morgan fingerprint density at radius 2 is 2.06 bits per heavy atom. The van der Waals surface area contributed by atoms with Crippen molar-refractivity contribution >= 4 is 11.8 Å². The highest BCUT2D eigenvalue weighted by atomic mass is 16.4. The van der Waals surface area contributed by atoms with E-state index in [1.54, 1.807) is 18.6 Å². The van der Waals surface area contributed by atoms with Gasteiger partial charge < -0.3 is 10.0 Å². The van der Waals surface area contributed by atoms with Crippen molar-refractivity contribution in [2.75, 3.05) is 18.0 Å². The number of carboxylic acids is 1. The molecule has 100 valence electrons. The van der Waals surface area contributed by atoms with Crippen LogP contribution in [0.2, 0.25) is 0 Å². The van der Waals surface area contributed by atoms with Crippen molar-refractivity contribution in [1.29, 1.82) is 0 Å². The van der Waals surface area contributed by atoms with Crippen molar-refractivity contribution < 1.29 is 9.90 Å². The van der Waals surface area contributed by atoms with Gasteiger partial charge in [-0.2, -0.15) is 0 Å². The number of aromatic nitrogens is 2. The summed E-state index contributed by atoms with van der Waals surface area (Å²) in [5.74, 6) is 0.500. The molecule has 1 saturated heterocycles. The van der Waals surface area contributed by atoms with Crippen molar-refractivity contribution in [1.82, 2.24) is 9.97 Å². The second-order valence-corrected chi connectivity index (χ2v) is 4.09. The number of piperidine rings is 1. The number of hydrogen-bond donors (Lipinski definition) is 1. The SMILES string of the molecule is CC.O=C(O)CC1CCN(c2cnccn2)CC1. The quantitative estimate of drug-likeness (QED) is 0.892. The van der Waals surface area contributed by atoms with Gasteiger partial charge in [-0.05, 0) is 18.8 Å². The van der Waals surface area contributed by atoms with Crippen molar-refractivity contribution in [2.45, 2.75) is 33.1 Å². The summed E-state index contributed by atoms with van der Waals surface area (Å²) in [5, 5.41) is 8.71. The molecule has 1 aromatic rings. The third kappa shape index (κ3) is 4.31. The minimum Gasteiger partial charge on any atom is -0.481 e. The fourth-order valence-electron chi connectivity index (χ4n) is 2.07. The van der Waals surface area contributed by atoms with E-state index < -0.39 is 5.97 Å². The molecule has 1 aromatic heterocycles. The second kappa shape index (κ2) is 7.63. The van der Waals surface area contributed by atoms with Crippen molar-refractivity contribution in [2.24, 2.45) is 5.92 Å². The van der Waals surface area contributed by atoms with Gasteiger partial charge in [0.2, 0.25) is 0 Å². The van der Waals surface area contributed by atoms with Crippen LogP contribution >= 0.6 is 0 Å². The molecule has 0 aliphatic carbocycles. The Kier molecular flexibility index (Phi) is 6.11. The van der Waals surface area contributed by atoms with E-state index in [9.17, 15) is 4.79 Å². The van der Waals surface area contributed by atoms with Gasteiger partial charge >= 0.3 is 5.97 Å². The molecule has 5 heteroatoms. The maximum atomic E-state index is 10.6. The number of hydrogen-bond acceptors (Lipinski definition) is 4. The first-order valence-corrected chi connectivity index (χ1v) is 6.48. The van der Waals surface area contributed by atoms with Gasteiger partial charge in [0.15, 0.2) is 0 Å². The molecule has 2 heterocycles. The summed E-state index contributed by atoms with van der Waals surface area (Å²) in [7, 11) is 0. The van der Waals surface area contributed by atoms with Gasteiger partial charge in [0.05, 0.1) is 6.20 Å². The summed E-state index contributed by atoms with van der Waals surface area (Å²) in [6.45, 7) is 5.74. The molecule has 5 nitrogen and oxygen atoms in total. The van der Waals surface area contributed by atoms with Crippen LogP contribution in [0.15, 0.2) is 18.6 Å². The maximum Gasteiger partial charge on any atom is 0.303 e. The molecule has 0 spiro atoms. The predicted octanol–water partition coefficient (Wildman–Crippen LogP) is 2.19. The van der Waals surface area contributed by atoms with E-state index in [0.29, 0.717) is 5.92 Å². The Morgan fingerprint density at radius 3 is 2.56 bits per heavy atom. The third-order valence-corrected chi connectivity index (χ3v) is 2.95. The Morgan fingerprint density at radius 1 is 1.39 bits per heavy atom. The molecule has 1 aliphatic heterocycles. The minimum atomic E-state index is -0.696. The van der Waals surface area contributed by atoms with Crippen LogP contribution in [-0.4, -0.2) is 34.1 Å². The summed E-state index contributed by atoms with van der Waals surface area (Å²) < 4.78 is 0. The van der Waals surface area contributed by atoms with Gasteiger partial charge in [0.25, 0.3) is 0 Å². The monoisotopic (exact) mass is 251 g/mol. The van der Waals surface area contributed by atoms with Crippen molar-refractivity contribution in [3.05, 3.63) is 18.6 Å². The summed E-state index contributed by atoms with van der Waals surface area (Å²) in [6, 6.07) is 0. The highest BCUT2D eigenvalue weighted by molar-refractivity contribution is 5.67. The topological polar surface area (TPSA) is 66.3 Å². The minimum absolute atomic E-state index is 0.286. The number of rotatable bonds is 3. The standard InChI is InChI=1S/C11H15N3O2.C2H6/c15-11(16)7-9-1-5-14(6-2-9)10-8-12-3-4-13-10;1-2/h3-4,8-9H,1-2,5-7H2,(H,15,16);1-2H3. The molecule has 0 aromatic carbocycles. The Balaban J connectivity index is 0.000000771. The molecule has 2 rings (SSSR count). The van der Waals surface area contributed by atoms with E-state index in [-0.39, 0.29) is 6.42 Å². The Bertz CT molecular complexity index is 349. The first-order valence-electron chi connectivity index (χ1n) is 6.48. The Hall–Kier alpha value is -1.65. The molecule has 0 atom stereocenters. The Labute approximate surface area is 108 Å². The van der Waals surface area contributed by atoms with Gasteiger partial charge in [-0.15, -0.1) is 0 Å². The molecule has 0 saturated carbocycles. The van der Waals surface area contributed by atoms with Gasteiger partial charge in [-0.1, -0.05) is 13.8 Å². The molecule has 18 heavy (non-hydrogen) atoms. The second-order valence-electron chi connectivity index (χ2n) is 4.09. The van der Waals surface area contributed by atoms with E-state index in [1.807, 2.05) is 13.8 Å². The fourth-order valence-corrected chi connectivity index (χ4v) is 2.07. The molecule has 0 radical (unpaired) electrons. The molecular weight excluding hydrogens is 230 g/mol. The molecule has 1 aliphatic rings. The number of nitrogens with zero attached hydrogens (tertiary/aromatic N) is 3. The van der Waals surface area contributed by atoms with Gasteiger partial charge in [-0.3, -0.25) is 9.78 Å². The molecule has 0 bridgehead atoms. The lowest BCUT2D eigenvalue weighted by atomic mass is 9.94. The lowest BCUT2D eigenvalue weighted by molar-refractivity contribution is -0.138. The number of carbonyl (C=O) groups is 1. The van der Waals surface area contributed by atoms with E-state index in [0.717, 1.165) is 31.7 Å². The molecular formula is C13H21N3O2. The van der Waals surface area contributed by atoms with Gasteiger partial charge in [0, 0.05) is 31.9 Å². The summed E-state index contributed by atoms with van der Waals surface area (Å²) in [4.78, 5) is 21.0. The van der Waals surface area contributed by atoms with Gasteiger partial charge in [-0.25, -0.2) is 4.98 Å². The van der Waals surface area contributed by atoms with E-state index >= 15 is 0 Å². The number of anilines is 1. The summed E-state index contributed by atoms with van der Waals surface area (Å²) in [5.41, 5.74) is 0. The highest BCUT2D eigenvalue weighted by Gasteiger charge is 2.21. The zero-order valence-electron chi connectivity index (χ0n) is 11.0. The largest absolute Gasteiger partial charge is 0.481 e. The average molecular weight is 251 g/mol. The van der Waals surface area contributed by atoms with Crippen LogP contribution in [0.25, 0.3) is 0 Å². The number of carboxylic acid groups (broad SMARTS) is 1. The van der Waals surface area contributed by atoms with Crippen LogP contribution in [0.1, 0.15) is 33.1 Å². The van der Waals surface area contributed by atoms with E-state index in [4.69, 9.17) is 5.11 Å². The highest BCUT2D eigenvalue weighted by Crippen LogP contribution is 2.23. The van der Waals surface area contributed by atoms with Gasteiger partial charge in [0.1, 0.15) is 5.82 Å². The van der Waals surface area contributed by atoms with Crippen LogP contribution in [0.5, 0.6) is 0 Å². The van der Waals surface area contributed by atoms with E-state index in [2.05, 4.69) is 14.9 Å². The van der Waals surface area contributed by atoms with Crippen LogP contribution in [0, 0.1) is 5.92 Å². The van der Waals surface area contributed by atoms with E-state index in [1.165, 1.54) is 0 Å². The lowest BCUT2D eigenvalue weighted by Gasteiger charge is -2.31.